The standard InChI is InChI=1S/C21H21NO/c1-4-18-12-13-20(22(18)19-8-6-5-7-9-19)15-23-21-14-16(2)10-11-17(21)3/h4-14H,1,15H2,2-3H3. The number of nitrogens with zero attached hydrogens (tertiary/aromatic N) is 1. The van der Waals surface area contributed by atoms with Crippen molar-refractivity contribution in [3.63, 3.8) is 0 Å². The molecular formula is C21H21NO. The summed E-state index contributed by atoms with van der Waals surface area (Å²) in [4.78, 5) is 0. The summed E-state index contributed by atoms with van der Waals surface area (Å²) in [6.07, 6.45) is 1.87. The normalized spacial score (nSPS) is 10.5. The maximum atomic E-state index is 6.07. The van der Waals surface area contributed by atoms with Crippen LogP contribution in [0.3, 0.4) is 0 Å². The Morgan fingerprint density at radius 1 is 1.00 bits per heavy atom. The van der Waals surface area contributed by atoms with Crippen molar-refractivity contribution in [1.29, 1.82) is 0 Å². The Hall–Kier alpha value is -2.74. The first-order valence-corrected chi connectivity index (χ1v) is 7.77. The average molecular weight is 303 g/mol. The largest absolute Gasteiger partial charge is 0.487 e. The quantitative estimate of drug-likeness (QED) is 0.622. The highest BCUT2D eigenvalue weighted by Crippen LogP contribution is 2.23. The van der Waals surface area contributed by atoms with Crippen LogP contribution in [0.15, 0.2) is 67.2 Å². The fraction of sp³-hybridized carbons (Fsp3) is 0.143. The molecule has 0 aliphatic heterocycles. The van der Waals surface area contributed by atoms with Crippen molar-refractivity contribution in [3.05, 3.63) is 89.8 Å². The molecule has 2 aromatic carbocycles. The van der Waals surface area contributed by atoms with Crippen molar-refractivity contribution in [1.82, 2.24) is 4.57 Å². The van der Waals surface area contributed by atoms with Gasteiger partial charge in [-0.3, -0.25) is 0 Å². The van der Waals surface area contributed by atoms with E-state index in [4.69, 9.17) is 4.74 Å². The Bertz CT molecular complexity index is 815. The minimum atomic E-state index is 0.521. The van der Waals surface area contributed by atoms with Gasteiger partial charge in [-0.25, -0.2) is 0 Å². The molecule has 0 amide bonds. The summed E-state index contributed by atoms with van der Waals surface area (Å²) in [7, 11) is 0. The lowest BCUT2D eigenvalue weighted by Crippen LogP contribution is -2.06. The van der Waals surface area contributed by atoms with Crippen LogP contribution in [0.5, 0.6) is 5.75 Å². The second-order valence-electron chi connectivity index (χ2n) is 5.68. The summed E-state index contributed by atoms with van der Waals surface area (Å²) < 4.78 is 8.25. The summed E-state index contributed by atoms with van der Waals surface area (Å²) in [6.45, 7) is 8.58. The van der Waals surface area contributed by atoms with Crippen LogP contribution in [-0.4, -0.2) is 4.57 Å². The van der Waals surface area contributed by atoms with Gasteiger partial charge in [0.05, 0.1) is 5.69 Å². The predicted molar refractivity (Wildman–Crippen MR) is 96.1 cm³/mol. The number of rotatable bonds is 5. The highest BCUT2D eigenvalue weighted by molar-refractivity contribution is 5.50. The maximum absolute atomic E-state index is 6.07. The summed E-state index contributed by atoms with van der Waals surface area (Å²) in [5.41, 5.74) is 5.64. The molecule has 2 nitrogen and oxygen atoms in total. The number of ether oxygens (including phenoxy) is 1. The summed E-state index contributed by atoms with van der Waals surface area (Å²) in [5.74, 6) is 0.936. The molecular weight excluding hydrogens is 282 g/mol. The van der Waals surface area contributed by atoms with Gasteiger partial charge in [0.2, 0.25) is 0 Å². The van der Waals surface area contributed by atoms with Crippen LogP contribution in [0, 0.1) is 13.8 Å². The van der Waals surface area contributed by atoms with Crippen LogP contribution < -0.4 is 4.74 Å². The minimum Gasteiger partial charge on any atom is -0.487 e. The van der Waals surface area contributed by atoms with E-state index in [1.54, 1.807) is 0 Å². The van der Waals surface area contributed by atoms with Crippen LogP contribution in [0.2, 0.25) is 0 Å². The zero-order valence-electron chi connectivity index (χ0n) is 13.6. The topological polar surface area (TPSA) is 14.2 Å². The van der Waals surface area contributed by atoms with Crippen LogP contribution in [0.1, 0.15) is 22.5 Å². The van der Waals surface area contributed by atoms with Crippen molar-refractivity contribution in [2.24, 2.45) is 0 Å². The van der Waals surface area contributed by atoms with Crippen molar-refractivity contribution in [3.8, 4) is 11.4 Å². The molecule has 0 bridgehead atoms. The van der Waals surface area contributed by atoms with Crippen molar-refractivity contribution >= 4 is 6.08 Å². The van der Waals surface area contributed by atoms with Gasteiger partial charge in [-0.15, -0.1) is 0 Å². The van der Waals surface area contributed by atoms with Gasteiger partial charge in [-0.2, -0.15) is 0 Å². The van der Waals surface area contributed by atoms with Crippen LogP contribution in [0.4, 0.5) is 0 Å². The van der Waals surface area contributed by atoms with Gasteiger partial charge in [-0.05, 0) is 61.4 Å². The molecule has 1 aromatic heterocycles. The van der Waals surface area contributed by atoms with Crippen molar-refractivity contribution in [2.45, 2.75) is 20.5 Å². The van der Waals surface area contributed by atoms with Gasteiger partial charge in [0.15, 0.2) is 0 Å². The lowest BCUT2D eigenvalue weighted by Gasteiger charge is -2.14. The van der Waals surface area contributed by atoms with E-state index in [1.807, 2.05) is 24.3 Å². The minimum absolute atomic E-state index is 0.521. The van der Waals surface area contributed by atoms with Gasteiger partial charge in [0.1, 0.15) is 12.4 Å². The third-order valence-corrected chi connectivity index (χ3v) is 3.93. The Kier molecular flexibility index (Phi) is 4.33. The number of hydrogen-bond acceptors (Lipinski definition) is 1. The fourth-order valence-electron chi connectivity index (χ4n) is 2.67. The predicted octanol–water partition coefficient (Wildman–Crippen LogP) is 5.32. The van der Waals surface area contributed by atoms with E-state index in [2.05, 4.69) is 67.5 Å². The van der Waals surface area contributed by atoms with Gasteiger partial charge in [-0.1, -0.05) is 36.9 Å². The van der Waals surface area contributed by atoms with Gasteiger partial charge < -0.3 is 9.30 Å². The van der Waals surface area contributed by atoms with E-state index in [0.29, 0.717) is 6.61 Å². The molecule has 0 fully saturated rings. The van der Waals surface area contributed by atoms with Gasteiger partial charge >= 0.3 is 0 Å². The van der Waals surface area contributed by atoms with Gasteiger partial charge in [0.25, 0.3) is 0 Å². The van der Waals surface area contributed by atoms with E-state index in [0.717, 1.165) is 28.4 Å². The Morgan fingerprint density at radius 2 is 1.78 bits per heavy atom. The second-order valence-corrected chi connectivity index (χ2v) is 5.68. The molecule has 3 rings (SSSR count). The Morgan fingerprint density at radius 3 is 2.52 bits per heavy atom. The third kappa shape index (κ3) is 3.21. The first-order valence-electron chi connectivity index (χ1n) is 7.77. The first kappa shape index (κ1) is 15.2. The fourth-order valence-corrected chi connectivity index (χ4v) is 2.67. The molecule has 2 heteroatoms. The van der Waals surface area contributed by atoms with E-state index in [1.165, 1.54) is 5.56 Å². The molecule has 0 aliphatic carbocycles. The SMILES string of the molecule is C=Cc1ccc(COc2cc(C)ccc2C)n1-c1ccccc1. The molecule has 0 aliphatic rings. The first-order chi connectivity index (χ1) is 11.2. The van der Waals surface area contributed by atoms with Crippen molar-refractivity contribution < 1.29 is 4.74 Å². The number of para-hydroxylation sites is 1. The summed E-state index contributed by atoms with van der Waals surface area (Å²) in [5, 5.41) is 0. The molecule has 23 heavy (non-hydrogen) atoms. The molecule has 0 saturated carbocycles. The zero-order valence-corrected chi connectivity index (χ0v) is 13.6. The monoisotopic (exact) mass is 303 g/mol. The van der Waals surface area contributed by atoms with E-state index >= 15 is 0 Å². The Balaban J connectivity index is 1.91. The average Bonchev–Trinajstić information content (AvgIpc) is 2.99. The molecule has 0 spiro atoms. The smallest absolute Gasteiger partial charge is 0.129 e. The molecule has 0 radical (unpaired) electrons. The molecule has 0 saturated heterocycles. The molecule has 0 atom stereocenters. The zero-order chi connectivity index (χ0) is 16.2. The molecule has 1 heterocycles. The number of aryl methyl sites for hydroxylation is 2. The molecule has 0 N–H and O–H groups in total. The highest BCUT2D eigenvalue weighted by Gasteiger charge is 2.09. The Labute approximate surface area is 137 Å². The lowest BCUT2D eigenvalue weighted by molar-refractivity contribution is 0.297. The lowest BCUT2D eigenvalue weighted by atomic mass is 10.1. The third-order valence-electron chi connectivity index (χ3n) is 3.93. The summed E-state index contributed by atoms with van der Waals surface area (Å²) in [6, 6.07) is 20.7. The molecule has 116 valence electrons. The molecule has 3 aromatic rings. The number of benzene rings is 2. The highest BCUT2D eigenvalue weighted by atomic mass is 16.5. The van der Waals surface area contributed by atoms with E-state index < -0.39 is 0 Å². The molecule has 0 unspecified atom stereocenters. The van der Waals surface area contributed by atoms with Crippen molar-refractivity contribution in [2.75, 3.05) is 0 Å². The summed E-state index contributed by atoms with van der Waals surface area (Å²) >= 11 is 0. The van der Waals surface area contributed by atoms with E-state index in [-0.39, 0.29) is 0 Å². The number of aromatic nitrogens is 1. The van der Waals surface area contributed by atoms with Gasteiger partial charge in [0, 0.05) is 11.4 Å². The van der Waals surface area contributed by atoms with Crippen LogP contribution in [0.25, 0.3) is 11.8 Å². The van der Waals surface area contributed by atoms with Crippen LogP contribution in [-0.2, 0) is 6.61 Å². The second kappa shape index (κ2) is 6.57. The van der Waals surface area contributed by atoms with Crippen LogP contribution >= 0.6 is 0 Å². The van der Waals surface area contributed by atoms with E-state index in [9.17, 15) is 0 Å². The maximum Gasteiger partial charge on any atom is 0.129 e. The number of hydrogen-bond donors (Lipinski definition) is 0.